The fraction of sp³-hybridized carbons (Fsp3) is 0.273. The van der Waals surface area contributed by atoms with Crippen molar-refractivity contribution >= 4 is 5.97 Å². The summed E-state index contributed by atoms with van der Waals surface area (Å²) in [4.78, 5) is 10.6. The van der Waals surface area contributed by atoms with Gasteiger partial charge in [0.2, 0.25) is 0 Å². The predicted octanol–water partition coefficient (Wildman–Crippen LogP) is 1.45. The number of hydrogen-bond donors (Lipinski definition) is 2. The SMILES string of the molecule is CCc1cc(C#N)c(O)cc1CC(=O)O. The third kappa shape index (κ3) is 2.47. The number of aliphatic carboxylic acids is 1. The lowest BCUT2D eigenvalue weighted by Gasteiger charge is -2.07. The molecule has 0 fully saturated rings. The minimum absolute atomic E-state index is 0.136. The second-order valence-corrected chi connectivity index (χ2v) is 3.17. The summed E-state index contributed by atoms with van der Waals surface area (Å²) >= 11 is 0. The lowest BCUT2D eigenvalue weighted by atomic mass is 9.99. The number of carboxylic acid groups (broad SMARTS) is 1. The van der Waals surface area contributed by atoms with E-state index in [1.807, 2.05) is 13.0 Å². The Balaban J connectivity index is 3.22. The van der Waals surface area contributed by atoms with Crippen molar-refractivity contribution in [3.05, 3.63) is 28.8 Å². The van der Waals surface area contributed by atoms with E-state index < -0.39 is 5.97 Å². The van der Waals surface area contributed by atoms with Crippen LogP contribution in [0.15, 0.2) is 12.1 Å². The van der Waals surface area contributed by atoms with E-state index in [0.717, 1.165) is 5.56 Å². The minimum atomic E-state index is -0.950. The number of phenolic OH excluding ortho intramolecular Hbond substituents is 1. The maximum absolute atomic E-state index is 10.6. The smallest absolute Gasteiger partial charge is 0.307 e. The number of carbonyl (C=O) groups is 1. The zero-order valence-electron chi connectivity index (χ0n) is 8.32. The Labute approximate surface area is 87.4 Å². The van der Waals surface area contributed by atoms with Crippen LogP contribution < -0.4 is 0 Å². The highest BCUT2D eigenvalue weighted by Gasteiger charge is 2.10. The van der Waals surface area contributed by atoms with Crippen LogP contribution in [0.1, 0.15) is 23.6 Å². The van der Waals surface area contributed by atoms with Gasteiger partial charge in [-0.2, -0.15) is 5.26 Å². The molecule has 0 unspecified atom stereocenters. The first kappa shape index (κ1) is 11.1. The van der Waals surface area contributed by atoms with Crippen molar-refractivity contribution in [2.24, 2.45) is 0 Å². The number of phenols is 1. The van der Waals surface area contributed by atoms with Crippen LogP contribution in [0.4, 0.5) is 0 Å². The average Bonchev–Trinajstić information content (AvgIpc) is 2.17. The number of carboxylic acids is 1. The van der Waals surface area contributed by atoms with Crippen molar-refractivity contribution in [1.82, 2.24) is 0 Å². The number of rotatable bonds is 3. The van der Waals surface area contributed by atoms with Gasteiger partial charge < -0.3 is 10.2 Å². The van der Waals surface area contributed by atoms with E-state index in [2.05, 4.69) is 0 Å². The summed E-state index contributed by atoms with van der Waals surface area (Å²) in [5.74, 6) is -1.11. The molecule has 15 heavy (non-hydrogen) atoms. The molecule has 0 bridgehead atoms. The van der Waals surface area contributed by atoms with Gasteiger partial charge in [0.25, 0.3) is 0 Å². The van der Waals surface area contributed by atoms with Crippen molar-refractivity contribution in [3.63, 3.8) is 0 Å². The molecule has 4 heteroatoms. The average molecular weight is 205 g/mol. The molecule has 1 aromatic carbocycles. The molecule has 4 nitrogen and oxygen atoms in total. The largest absolute Gasteiger partial charge is 0.507 e. The Morgan fingerprint density at radius 3 is 2.60 bits per heavy atom. The van der Waals surface area contributed by atoms with Crippen molar-refractivity contribution in [1.29, 1.82) is 5.26 Å². The topological polar surface area (TPSA) is 81.3 Å². The summed E-state index contributed by atoms with van der Waals surface area (Å²) in [6.07, 6.45) is 0.500. The van der Waals surface area contributed by atoms with Crippen LogP contribution >= 0.6 is 0 Å². The fourth-order valence-electron chi connectivity index (χ4n) is 1.42. The van der Waals surface area contributed by atoms with Gasteiger partial charge in [0, 0.05) is 0 Å². The van der Waals surface area contributed by atoms with Crippen molar-refractivity contribution in [2.45, 2.75) is 19.8 Å². The number of benzene rings is 1. The van der Waals surface area contributed by atoms with Gasteiger partial charge in [0.05, 0.1) is 12.0 Å². The maximum Gasteiger partial charge on any atom is 0.307 e. The first-order valence-corrected chi connectivity index (χ1v) is 4.55. The predicted molar refractivity (Wildman–Crippen MR) is 53.5 cm³/mol. The Hall–Kier alpha value is -2.02. The van der Waals surface area contributed by atoms with E-state index in [0.29, 0.717) is 12.0 Å². The molecular formula is C11H11NO3. The molecule has 0 saturated carbocycles. The zero-order valence-corrected chi connectivity index (χ0v) is 8.32. The molecular weight excluding hydrogens is 194 g/mol. The third-order valence-electron chi connectivity index (χ3n) is 2.16. The number of hydrogen-bond acceptors (Lipinski definition) is 3. The molecule has 0 saturated heterocycles. The molecule has 0 aliphatic rings. The van der Waals surface area contributed by atoms with E-state index >= 15 is 0 Å². The molecule has 0 amide bonds. The molecule has 0 spiro atoms. The van der Waals surface area contributed by atoms with E-state index in [-0.39, 0.29) is 17.7 Å². The Kier molecular flexibility index (Phi) is 3.29. The highest BCUT2D eigenvalue weighted by Crippen LogP contribution is 2.22. The lowest BCUT2D eigenvalue weighted by Crippen LogP contribution is -2.03. The summed E-state index contributed by atoms with van der Waals surface area (Å²) in [6.45, 7) is 1.87. The standard InChI is InChI=1S/C11H11NO3/c1-2-7-3-9(6-12)10(13)4-8(7)5-11(14)15/h3-4,13H,2,5H2,1H3,(H,14,15). The van der Waals surface area contributed by atoms with Gasteiger partial charge in [-0.3, -0.25) is 4.79 Å². The Bertz CT molecular complexity index is 432. The molecule has 78 valence electrons. The summed E-state index contributed by atoms with van der Waals surface area (Å²) < 4.78 is 0. The number of aryl methyl sites for hydroxylation is 1. The van der Waals surface area contributed by atoms with E-state index in [9.17, 15) is 9.90 Å². The molecule has 1 aromatic rings. The van der Waals surface area contributed by atoms with Crippen molar-refractivity contribution in [3.8, 4) is 11.8 Å². The fourth-order valence-corrected chi connectivity index (χ4v) is 1.42. The van der Waals surface area contributed by atoms with Crippen LogP contribution in [-0.4, -0.2) is 16.2 Å². The highest BCUT2D eigenvalue weighted by atomic mass is 16.4. The molecule has 2 N–H and O–H groups in total. The van der Waals surface area contributed by atoms with Crippen LogP contribution in [0.25, 0.3) is 0 Å². The summed E-state index contributed by atoms with van der Waals surface area (Å²) in [7, 11) is 0. The van der Waals surface area contributed by atoms with Gasteiger partial charge in [-0.1, -0.05) is 6.92 Å². The van der Waals surface area contributed by atoms with Gasteiger partial charge in [-0.25, -0.2) is 0 Å². The monoisotopic (exact) mass is 205 g/mol. The van der Waals surface area contributed by atoms with Gasteiger partial charge in [0.15, 0.2) is 0 Å². The van der Waals surface area contributed by atoms with Crippen LogP contribution in [0.5, 0.6) is 5.75 Å². The first-order chi connectivity index (χ1) is 7.08. The van der Waals surface area contributed by atoms with E-state index in [1.165, 1.54) is 12.1 Å². The second-order valence-electron chi connectivity index (χ2n) is 3.17. The van der Waals surface area contributed by atoms with Crippen molar-refractivity contribution < 1.29 is 15.0 Å². The van der Waals surface area contributed by atoms with Gasteiger partial charge in [-0.15, -0.1) is 0 Å². The molecule has 0 heterocycles. The molecule has 1 rings (SSSR count). The summed E-state index contributed by atoms with van der Waals surface area (Å²) in [5.41, 5.74) is 1.52. The zero-order chi connectivity index (χ0) is 11.4. The summed E-state index contributed by atoms with van der Waals surface area (Å²) in [5, 5.41) is 26.8. The van der Waals surface area contributed by atoms with E-state index in [4.69, 9.17) is 10.4 Å². The van der Waals surface area contributed by atoms with Gasteiger partial charge in [-0.05, 0) is 29.7 Å². The molecule has 0 radical (unpaired) electrons. The first-order valence-electron chi connectivity index (χ1n) is 4.55. The Morgan fingerprint density at radius 1 is 1.47 bits per heavy atom. The van der Waals surface area contributed by atoms with Gasteiger partial charge >= 0.3 is 5.97 Å². The normalized spacial score (nSPS) is 9.60. The molecule has 0 aliphatic carbocycles. The van der Waals surface area contributed by atoms with Crippen LogP contribution in [0.2, 0.25) is 0 Å². The van der Waals surface area contributed by atoms with Crippen LogP contribution in [0.3, 0.4) is 0 Å². The quantitative estimate of drug-likeness (QED) is 0.782. The van der Waals surface area contributed by atoms with Gasteiger partial charge in [0.1, 0.15) is 11.8 Å². The lowest BCUT2D eigenvalue weighted by molar-refractivity contribution is -0.136. The van der Waals surface area contributed by atoms with E-state index in [1.54, 1.807) is 0 Å². The maximum atomic E-state index is 10.6. The third-order valence-corrected chi connectivity index (χ3v) is 2.16. The second kappa shape index (κ2) is 4.47. The van der Waals surface area contributed by atoms with Crippen LogP contribution in [0, 0.1) is 11.3 Å². The van der Waals surface area contributed by atoms with Crippen LogP contribution in [-0.2, 0) is 17.6 Å². The Morgan fingerprint density at radius 2 is 2.13 bits per heavy atom. The molecule has 0 atom stereocenters. The minimum Gasteiger partial charge on any atom is -0.507 e. The highest BCUT2D eigenvalue weighted by molar-refractivity contribution is 5.71. The number of aromatic hydroxyl groups is 1. The van der Waals surface area contributed by atoms with Crippen molar-refractivity contribution in [2.75, 3.05) is 0 Å². The summed E-state index contributed by atoms with van der Waals surface area (Å²) in [6, 6.07) is 4.74. The molecule has 0 aliphatic heterocycles. The molecule has 0 aromatic heterocycles. The number of nitriles is 1. The number of nitrogens with zero attached hydrogens (tertiary/aromatic N) is 1.